The quantitative estimate of drug-likeness (QED) is 0.315. The molecule has 9 heteroatoms. The molecule has 0 N–H and O–H groups in total. The van der Waals surface area contributed by atoms with Crippen LogP contribution in [0, 0.1) is 6.92 Å². The molecular weight excluding hydrogens is 544 g/mol. The Bertz CT molecular complexity index is 1530. The van der Waals surface area contributed by atoms with Crippen LogP contribution in [0.4, 0.5) is 5.82 Å². The van der Waals surface area contributed by atoms with Crippen LogP contribution in [0.15, 0.2) is 78.9 Å². The van der Waals surface area contributed by atoms with Gasteiger partial charge in [0.25, 0.3) is 0 Å². The zero-order chi connectivity index (χ0) is 27.6. The molecule has 1 saturated heterocycles. The molecule has 3 heterocycles. The smallest absolute Gasteiger partial charge is 0.242 e. The number of thioether (sulfide) groups is 1. The lowest BCUT2D eigenvalue weighted by molar-refractivity contribution is -0.134. The van der Waals surface area contributed by atoms with Crippen LogP contribution in [-0.4, -0.2) is 65.1 Å². The zero-order valence-electron chi connectivity index (χ0n) is 22.1. The maximum absolute atomic E-state index is 13.9. The Labute approximate surface area is 242 Å². The van der Waals surface area contributed by atoms with Gasteiger partial charge in [-0.05, 0) is 30.7 Å². The van der Waals surface area contributed by atoms with Crippen LogP contribution >= 0.6 is 23.4 Å². The molecule has 2 aliphatic heterocycles. The van der Waals surface area contributed by atoms with Crippen LogP contribution in [0.3, 0.4) is 0 Å². The van der Waals surface area contributed by atoms with Crippen molar-refractivity contribution >= 4 is 41.0 Å². The highest BCUT2D eigenvalue weighted by atomic mass is 35.5. The molecule has 2 amide bonds. The molecular formula is C31H29ClN4O3S. The van der Waals surface area contributed by atoms with Gasteiger partial charge in [-0.3, -0.25) is 14.5 Å². The summed E-state index contributed by atoms with van der Waals surface area (Å²) in [5, 5.41) is 5.49. The predicted octanol–water partition coefficient (Wildman–Crippen LogP) is 5.53. The fourth-order valence-electron chi connectivity index (χ4n) is 5.18. The van der Waals surface area contributed by atoms with Gasteiger partial charge in [0.15, 0.2) is 0 Å². The molecule has 4 aromatic rings. The molecule has 1 aromatic heterocycles. The number of rotatable bonds is 5. The summed E-state index contributed by atoms with van der Waals surface area (Å²) in [5.74, 6) is 0.546. The van der Waals surface area contributed by atoms with Crippen molar-refractivity contribution in [2.75, 3.05) is 43.5 Å². The topological polar surface area (TPSA) is 67.7 Å². The third-order valence-electron chi connectivity index (χ3n) is 7.26. The van der Waals surface area contributed by atoms with Crippen LogP contribution in [0.2, 0.25) is 5.02 Å². The molecule has 2 aliphatic rings. The largest absolute Gasteiger partial charge is 0.378 e. The number of hydrogen-bond donors (Lipinski definition) is 0. The molecule has 0 saturated carbocycles. The van der Waals surface area contributed by atoms with E-state index in [4.69, 9.17) is 21.4 Å². The lowest BCUT2D eigenvalue weighted by Gasteiger charge is -2.30. The van der Waals surface area contributed by atoms with Crippen LogP contribution in [0.1, 0.15) is 21.9 Å². The van der Waals surface area contributed by atoms with Gasteiger partial charge in [-0.15, -0.1) is 11.8 Å². The maximum atomic E-state index is 13.9. The number of hydrogen-bond acceptors (Lipinski definition) is 5. The molecule has 1 fully saturated rings. The summed E-state index contributed by atoms with van der Waals surface area (Å²) in [6.07, 6.45) is 0. The van der Waals surface area contributed by atoms with E-state index in [1.807, 2.05) is 90.5 Å². The van der Waals surface area contributed by atoms with E-state index in [0.717, 1.165) is 33.6 Å². The predicted molar refractivity (Wildman–Crippen MR) is 159 cm³/mol. The van der Waals surface area contributed by atoms with Crippen LogP contribution < -0.4 is 4.90 Å². The minimum absolute atomic E-state index is 0.0760. The van der Waals surface area contributed by atoms with Gasteiger partial charge in [-0.1, -0.05) is 77.8 Å². The minimum atomic E-state index is -0.273. The Kier molecular flexibility index (Phi) is 7.65. The Hall–Kier alpha value is -3.59. The first-order valence-electron chi connectivity index (χ1n) is 13.3. The summed E-state index contributed by atoms with van der Waals surface area (Å²) in [6, 6.07) is 25.7. The monoisotopic (exact) mass is 572 g/mol. The fourth-order valence-corrected chi connectivity index (χ4v) is 6.72. The number of aryl methyl sites for hydroxylation is 1. The molecule has 0 radical (unpaired) electrons. The van der Waals surface area contributed by atoms with E-state index < -0.39 is 0 Å². The minimum Gasteiger partial charge on any atom is -0.378 e. The molecule has 7 nitrogen and oxygen atoms in total. The lowest BCUT2D eigenvalue weighted by atomic mass is 9.99. The van der Waals surface area contributed by atoms with Crippen molar-refractivity contribution in [1.82, 2.24) is 14.7 Å². The number of benzene rings is 3. The Morgan fingerprint density at radius 1 is 1.00 bits per heavy atom. The van der Waals surface area contributed by atoms with Crippen LogP contribution in [-0.2, 0) is 14.3 Å². The third-order valence-corrected chi connectivity index (χ3v) is 8.84. The molecule has 1 unspecified atom stereocenters. The summed E-state index contributed by atoms with van der Waals surface area (Å²) in [4.78, 5) is 30.8. The standard InChI is InChI=1S/C31H29ClN4O3S/c1-21-11-13-23(14-12-21)36-31-28(29(33-36)22-7-3-2-4-8-22)30(24-9-5-6-10-25(24)32)40-20-27(38)35(31)19-26(37)34-15-17-39-18-16-34/h2-14,30H,15-20H2,1H3. The van der Waals surface area contributed by atoms with Crippen LogP contribution in [0.5, 0.6) is 0 Å². The molecule has 1 atom stereocenters. The van der Waals surface area contributed by atoms with Crippen molar-refractivity contribution in [3.8, 4) is 16.9 Å². The number of fused-ring (bicyclic) bond motifs is 1. The summed E-state index contributed by atoms with van der Waals surface area (Å²) in [6.45, 7) is 3.97. The highest BCUT2D eigenvalue weighted by Gasteiger charge is 2.38. The SMILES string of the molecule is Cc1ccc(-n2nc(-c3ccccc3)c3c2N(CC(=O)N2CCOCC2)C(=O)CSC3c2ccccc2Cl)cc1. The van der Waals surface area contributed by atoms with Crippen molar-refractivity contribution in [3.05, 3.63) is 101 Å². The first-order chi connectivity index (χ1) is 19.5. The van der Waals surface area contributed by atoms with E-state index in [9.17, 15) is 9.59 Å². The Morgan fingerprint density at radius 2 is 1.70 bits per heavy atom. The number of morpholine rings is 1. The number of amides is 2. The van der Waals surface area contributed by atoms with Gasteiger partial charge in [0, 0.05) is 29.2 Å². The average molecular weight is 573 g/mol. The Morgan fingerprint density at radius 3 is 2.42 bits per heavy atom. The lowest BCUT2D eigenvalue weighted by Crippen LogP contribution is -2.48. The van der Waals surface area contributed by atoms with Crippen LogP contribution in [0.25, 0.3) is 16.9 Å². The molecule has 0 aliphatic carbocycles. The highest BCUT2D eigenvalue weighted by molar-refractivity contribution is 8.00. The van der Waals surface area contributed by atoms with E-state index in [1.165, 1.54) is 11.8 Å². The summed E-state index contributed by atoms with van der Waals surface area (Å²) < 4.78 is 7.26. The number of anilines is 1. The number of halogens is 1. The second-order valence-electron chi connectivity index (χ2n) is 9.88. The van der Waals surface area contributed by atoms with E-state index in [2.05, 4.69) is 0 Å². The third kappa shape index (κ3) is 5.14. The van der Waals surface area contributed by atoms with E-state index >= 15 is 0 Å². The Balaban J connectivity index is 1.59. The number of carbonyl (C=O) groups is 2. The van der Waals surface area contributed by atoms with Gasteiger partial charge in [-0.25, -0.2) is 4.68 Å². The van der Waals surface area contributed by atoms with Gasteiger partial charge in [-0.2, -0.15) is 5.10 Å². The maximum Gasteiger partial charge on any atom is 0.242 e. The molecule has 204 valence electrons. The van der Waals surface area contributed by atoms with Gasteiger partial charge < -0.3 is 9.64 Å². The van der Waals surface area contributed by atoms with Crippen molar-refractivity contribution in [2.45, 2.75) is 12.2 Å². The number of ether oxygens (including phenoxy) is 1. The molecule has 40 heavy (non-hydrogen) atoms. The van der Waals surface area contributed by atoms with Gasteiger partial charge >= 0.3 is 0 Å². The number of aromatic nitrogens is 2. The van der Waals surface area contributed by atoms with Gasteiger partial charge in [0.2, 0.25) is 11.8 Å². The van der Waals surface area contributed by atoms with Gasteiger partial charge in [0.1, 0.15) is 12.4 Å². The first kappa shape index (κ1) is 26.6. The zero-order valence-corrected chi connectivity index (χ0v) is 23.7. The summed E-state index contributed by atoms with van der Waals surface area (Å²) in [5.41, 5.74) is 5.38. The highest BCUT2D eigenvalue weighted by Crippen LogP contribution is 2.49. The second-order valence-corrected chi connectivity index (χ2v) is 11.4. The summed E-state index contributed by atoms with van der Waals surface area (Å²) >= 11 is 8.28. The van der Waals surface area contributed by atoms with Crippen molar-refractivity contribution in [1.29, 1.82) is 0 Å². The average Bonchev–Trinajstić information content (AvgIpc) is 3.31. The normalized spacial score (nSPS) is 17.4. The molecule has 0 bridgehead atoms. The fraction of sp³-hybridized carbons (Fsp3) is 0.258. The van der Waals surface area contributed by atoms with Crippen molar-refractivity contribution < 1.29 is 14.3 Å². The first-order valence-corrected chi connectivity index (χ1v) is 14.7. The van der Waals surface area contributed by atoms with E-state index in [0.29, 0.717) is 37.1 Å². The van der Waals surface area contributed by atoms with Crippen molar-refractivity contribution in [2.24, 2.45) is 0 Å². The number of nitrogens with zero attached hydrogens (tertiary/aromatic N) is 4. The number of carbonyl (C=O) groups excluding carboxylic acids is 2. The summed E-state index contributed by atoms with van der Waals surface area (Å²) in [7, 11) is 0. The molecule has 0 spiro atoms. The second kappa shape index (κ2) is 11.5. The van der Waals surface area contributed by atoms with Crippen molar-refractivity contribution in [3.63, 3.8) is 0 Å². The molecule has 3 aromatic carbocycles. The van der Waals surface area contributed by atoms with E-state index in [1.54, 1.807) is 9.80 Å². The molecule has 6 rings (SSSR count). The van der Waals surface area contributed by atoms with E-state index in [-0.39, 0.29) is 29.4 Å². The van der Waals surface area contributed by atoms with Gasteiger partial charge in [0.05, 0.1) is 35.6 Å².